The zero-order valence-corrected chi connectivity index (χ0v) is 13.3. The number of nitrogens with one attached hydrogen (secondary N) is 2. The average molecular weight is 309 g/mol. The lowest BCUT2D eigenvalue weighted by atomic mass is 10.1. The number of nitrogens with zero attached hydrogens (tertiary/aromatic N) is 3. The van der Waals surface area contributed by atoms with Gasteiger partial charge in [-0.05, 0) is 56.0 Å². The van der Waals surface area contributed by atoms with Crippen molar-refractivity contribution in [2.45, 2.75) is 32.7 Å². The van der Waals surface area contributed by atoms with E-state index in [9.17, 15) is 4.79 Å². The van der Waals surface area contributed by atoms with Crippen molar-refractivity contribution in [3.63, 3.8) is 0 Å². The maximum absolute atomic E-state index is 12.6. The highest BCUT2D eigenvalue weighted by Gasteiger charge is 2.33. The van der Waals surface area contributed by atoms with Gasteiger partial charge in [-0.15, -0.1) is 0 Å². The van der Waals surface area contributed by atoms with Crippen molar-refractivity contribution >= 4 is 16.9 Å². The lowest BCUT2D eigenvalue weighted by Gasteiger charge is -2.22. The lowest BCUT2D eigenvalue weighted by molar-refractivity contribution is 0.0724. The standard InChI is InChI=1S/C17H19N5O/c1-10-8-13-14(9-11(10)2)20-16(19-13)15-4-3-7-22(15)17(23)12-5-6-18-21-12/h5-6,8-9,15H,3-4,7H2,1-2H3,(H,18,21)(H,19,20)/t15-/m1/s1. The van der Waals surface area contributed by atoms with Crippen LogP contribution in [-0.4, -0.2) is 37.5 Å². The summed E-state index contributed by atoms with van der Waals surface area (Å²) in [6.45, 7) is 4.93. The third-order valence-corrected chi connectivity index (χ3v) is 4.68. The van der Waals surface area contributed by atoms with E-state index < -0.39 is 0 Å². The smallest absolute Gasteiger partial charge is 0.272 e. The Kier molecular flexibility index (Phi) is 3.18. The molecule has 3 aromatic rings. The molecule has 1 saturated heterocycles. The van der Waals surface area contributed by atoms with Crippen molar-refractivity contribution in [3.05, 3.63) is 47.0 Å². The summed E-state index contributed by atoms with van der Waals surface area (Å²) in [6.07, 6.45) is 3.52. The van der Waals surface area contributed by atoms with Gasteiger partial charge in [-0.2, -0.15) is 5.10 Å². The number of aromatic amines is 2. The number of hydrogen-bond donors (Lipinski definition) is 2. The molecule has 1 aliphatic rings. The SMILES string of the molecule is Cc1cc2nc([C@H]3CCCN3C(=O)c3ccn[nH]3)[nH]c2cc1C. The summed E-state index contributed by atoms with van der Waals surface area (Å²) in [4.78, 5) is 22.6. The maximum Gasteiger partial charge on any atom is 0.272 e. The molecule has 1 amide bonds. The second-order valence-corrected chi connectivity index (χ2v) is 6.20. The fourth-order valence-electron chi connectivity index (χ4n) is 3.27. The Labute approximate surface area is 133 Å². The molecule has 6 nitrogen and oxygen atoms in total. The molecule has 23 heavy (non-hydrogen) atoms. The third-order valence-electron chi connectivity index (χ3n) is 4.68. The Balaban J connectivity index is 1.70. The van der Waals surface area contributed by atoms with Crippen LogP contribution in [0.1, 0.15) is 46.3 Å². The van der Waals surface area contributed by atoms with Gasteiger partial charge in [0, 0.05) is 12.7 Å². The van der Waals surface area contributed by atoms with Crippen LogP contribution in [0.25, 0.3) is 11.0 Å². The molecular formula is C17H19N5O. The second-order valence-electron chi connectivity index (χ2n) is 6.20. The summed E-state index contributed by atoms with van der Waals surface area (Å²) in [6, 6.07) is 5.93. The Bertz CT molecular complexity index is 826. The number of fused-ring (bicyclic) bond motifs is 1. The molecule has 118 valence electrons. The lowest BCUT2D eigenvalue weighted by Crippen LogP contribution is -2.31. The highest BCUT2D eigenvalue weighted by atomic mass is 16.2. The Morgan fingerprint density at radius 2 is 2.13 bits per heavy atom. The van der Waals surface area contributed by atoms with Crippen LogP contribution < -0.4 is 0 Å². The van der Waals surface area contributed by atoms with Crippen molar-refractivity contribution in [1.82, 2.24) is 25.1 Å². The van der Waals surface area contributed by atoms with Crippen molar-refractivity contribution in [3.8, 4) is 0 Å². The molecule has 2 N–H and O–H groups in total. The first-order chi connectivity index (χ1) is 11.1. The number of carbonyl (C=O) groups is 1. The molecular weight excluding hydrogens is 290 g/mol. The van der Waals surface area contributed by atoms with Crippen LogP contribution in [0.3, 0.4) is 0 Å². The molecule has 1 atom stereocenters. The zero-order valence-electron chi connectivity index (χ0n) is 13.3. The molecule has 2 aromatic heterocycles. The first kappa shape index (κ1) is 14.0. The predicted molar refractivity (Wildman–Crippen MR) is 87.2 cm³/mol. The van der Waals surface area contributed by atoms with Gasteiger partial charge < -0.3 is 9.88 Å². The van der Waals surface area contributed by atoms with Crippen molar-refractivity contribution in [2.24, 2.45) is 0 Å². The van der Waals surface area contributed by atoms with Gasteiger partial charge in [0.15, 0.2) is 0 Å². The largest absolute Gasteiger partial charge is 0.340 e. The maximum atomic E-state index is 12.6. The number of benzene rings is 1. The van der Waals surface area contributed by atoms with Crippen molar-refractivity contribution < 1.29 is 4.79 Å². The molecule has 0 radical (unpaired) electrons. The molecule has 1 aliphatic heterocycles. The minimum atomic E-state index is -0.0159. The first-order valence-electron chi connectivity index (χ1n) is 7.90. The van der Waals surface area contributed by atoms with Crippen LogP contribution in [0.15, 0.2) is 24.4 Å². The first-order valence-corrected chi connectivity index (χ1v) is 7.90. The van der Waals surface area contributed by atoms with E-state index in [2.05, 4.69) is 41.2 Å². The van der Waals surface area contributed by atoms with Crippen LogP contribution in [0.4, 0.5) is 0 Å². The van der Waals surface area contributed by atoms with Gasteiger partial charge >= 0.3 is 0 Å². The molecule has 3 heterocycles. The van der Waals surface area contributed by atoms with Crippen molar-refractivity contribution in [1.29, 1.82) is 0 Å². The van der Waals surface area contributed by atoms with E-state index >= 15 is 0 Å². The molecule has 0 aliphatic carbocycles. The highest BCUT2D eigenvalue weighted by molar-refractivity contribution is 5.92. The van der Waals surface area contributed by atoms with E-state index in [1.807, 2.05) is 4.90 Å². The summed E-state index contributed by atoms with van der Waals surface area (Å²) in [7, 11) is 0. The highest BCUT2D eigenvalue weighted by Crippen LogP contribution is 2.32. The topological polar surface area (TPSA) is 77.7 Å². The minimum Gasteiger partial charge on any atom is -0.340 e. The van der Waals surface area contributed by atoms with E-state index in [1.54, 1.807) is 12.3 Å². The van der Waals surface area contributed by atoms with Gasteiger partial charge in [-0.25, -0.2) is 4.98 Å². The Morgan fingerprint density at radius 1 is 1.30 bits per heavy atom. The summed E-state index contributed by atoms with van der Waals surface area (Å²) >= 11 is 0. The summed E-state index contributed by atoms with van der Waals surface area (Å²) in [5.41, 5.74) is 4.99. The van der Waals surface area contributed by atoms with Gasteiger partial charge in [0.05, 0.1) is 17.1 Å². The molecule has 6 heteroatoms. The monoisotopic (exact) mass is 309 g/mol. The molecule has 0 saturated carbocycles. The number of hydrogen-bond acceptors (Lipinski definition) is 3. The molecule has 0 bridgehead atoms. The molecule has 0 spiro atoms. The summed E-state index contributed by atoms with van der Waals surface area (Å²) in [5, 5.41) is 6.63. The van der Waals surface area contributed by atoms with E-state index in [4.69, 9.17) is 4.98 Å². The van der Waals surface area contributed by atoms with Crippen LogP contribution >= 0.6 is 0 Å². The number of carbonyl (C=O) groups excluding carboxylic acids is 1. The number of likely N-dealkylation sites (tertiary alicyclic amines) is 1. The number of aryl methyl sites for hydroxylation is 2. The quantitative estimate of drug-likeness (QED) is 0.764. The van der Waals surface area contributed by atoms with Crippen LogP contribution in [-0.2, 0) is 0 Å². The fraction of sp³-hybridized carbons (Fsp3) is 0.353. The minimum absolute atomic E-state index is 0.00110. The second kappa shape index (κ2) is 5.22. The van der Waals surface area contributed by atoms with E-state index in [-0.39, 0.29) is 11.9 Å². The van der Waals surface area contributed by atoms with Gasteiger partial charge in [-0.3, -0.25) is 9.89 Å². The fourth-order valence-corrected chi connectivity index (χ4v) is 3.27. The van der Waals surface area contributed by atoms with Gasteiger partial charge in [-0.1, -0.05) is 0 Å². The van der Waals surface area contributed by atoms with E-state index in [0.29, 0.717) is 5.69 Å². The molecule has 1 aromatic carbocycles. The van der Waals surface area contributed by atoms with Crippen LogP contribution in [0.2, 0.25) is 0 Å². The van der Waals surface area contributed by atoms with Crippen LogP contribution in [0, 0.1) is 13.8 Å². The Hall–Kier alpha value is -2.63. The number of rotatable bonds is 2. The predicted octanol–water partition coefficient (Wildman–Crippen LogP) is 2.88. The zero-order chi connectivity index (χ0) is 16.0. The average Bonchev–Trinajstić information content (AvgIpc) is 3.27. The summed E-state index contributed by atoms with van der Waals surface area (Å²) < 4.78 is 0. The Morgan fingerprint density at radius 3 is 2.91 bits per heavy atom. The number of imidazole rings is 1. The molecule has 0 unspecified atom stereocenters. The third kappa shape index (κ3) is 2.30. The van der Waals surface area contributed by atoms with Gasteiger partial charge in [0.1, 0.15) is 11.5 Å². The molecule has 4 rings (SSSR count). The number of aromatic nitrogens is 4. The number of amides is 1. The normalized spacial score (nSPS) is 18.0. The van der Waals surface area contributed by atoms with Crippen LogP contribution in [0.5, 0.6) is 0 Å². The van der Waals surface area contributed by atoms with E-state index in [0.717, 1.165) is 36.2 Å². The van der Waals surface area contributed by atoms with E-state index in [1.165, 1.54) is 11.1 Å². The molecule has 1 fully saturated rings. The number of H-pyrrole nitrogens is 2. The van der Waals surface area contributed by atoms with Crippen molar-refractivity contribution in [2.75, 3.05) is 6.54 Å². The summed E-state index contributed by atoms with van der Waals surface area (Å²) in [5.74, 6) is 0.855. The van der Waals surface area contributed by atoms with Gasteiger partial charge in [0.25, 0.3) is 5.91 Å². The van der Waals surface area contributed by atoms with Gasteiger partial charge in [0.2, 0.25) is 0 Å².